The first-order valence-electron chi connectivity index (χ1n) is 4.39. The van der Waals surface area contributed by atoms with Crippen LogP contribution in [-0.4, -0.2) is 26.6 Å². The molecule has 0 aromatic heterocycles. The molecule has 14 heavy (non-hydrogen) atoms. The van der Waals surface area contributed by atoms with E-state index in [4.69, 9.17) is 5.53 Å². The van der Waals surface area contributed by atoms with Gasteiger partial charge in [-0.15, -0.1) is 0 Å². The number of nitrogens with zero attached hydrogens (tertiary/aromatic N) is 2. The molecule has 1 aliphatic carbocycles. The summed E-state index contributed by atoms with van der Waals surface area (Å²) in [5.74, 6) is -1.88. The van der Waals surface area contributed by atoms with Crippen molar-refractivity contribution in [3.8, 4) is 0 Å². The van der Waals surface area contributed by atoms with E-state index in [0.717, 1.165) is 0 Å². The van der Waals surface area contributed by atoms with Gasteiger partial charge in [0.05, 0.1) is 6.42 Å². The minimum atomic E-state index is -1.88. The van der Waals surface area contributed by atoms with Gasteiger partial charge >= 0.3 is 0 Å². The van der Waals surface area contributed by atoms with Gasteiger partial charge in [0.2, 0.25) is 5.91 Å². The van der Waals surface area contributed by atoms with Crippen LogP contribution in [0.4, 0.5) is 0 Å². The molecule has 0 amide bonds. The highest BCUT2D eigenvalue weighted by Crippen LogP contribution is 2.09. The number of rotatable bonds is 3. The van der Waals surface area contributed by atoms with Crippen molar-refractivity contribution in [2.45, 2.75) is 25.7 Å². The molecule has 0 heterocycles. The smallest absolute Gasteiger partial charge is 0.295 e. The van der Waals surface area contributed by atoms with Crippen LogP contribution >= 0.6 is 0 Å². The van der Waals surface area contributed by atoms with Crippen molar-refractivity contribution in [2.75, 3.05) is 0 Å². The van der Waals surface area contributed by atoms with Gasteiger partial charge in [-0.05, 0) is 12.2 Å². The van der Waals surface area contributed by atoms with Gasteiger partial charge in [-0.2, -0.15) is 4.79 Å². The predicted octanol–water partition coefficient (Wildman–Crippen LogP) is 0.139. The van der Waals surface area contributed by atoms with E-state index in [1.54, 1.807) is 25.2 Å². The fourth-order valence-corrected chi connectivity index (χ4v) is 1.02. The molecular weight excluding hydrogens is 182 g/mol. The van der Waals surface area contributed by atoms with Crippen molar-refractivity contribution in [1.82, 2.24) is 5.32 Å². The fraction of sp³-hybridized carbons (Fsp3) is 0.444. The molecule has 0 aliphatic heterocycles. The van der Waals surface area contributed by atoms with Gasteiger partial charge < -0.3 is 21.1 Å². The molecule has 0 aromatic rings. The molecule has 0 spiro atoms. The Morgan fingerprint density at radius 1 is 1.57 bits per heavy atom. The van der Waals surface area contributed by atoms with Gasteiger partial charge in [0, 0.05) is 18.2 Å². The topological polar surface area (TPSA) is 88.9 Å². The van der Waals surface area contributed by atoms with Crippen LogP contribution < -0.4 is 5.32 Å². The molecule has 0 unspecified atom stereocenters. The third-order valence-corrected chi connectivity index (χ3v) is 1.95. The van der Waals surface area contributed by atoms with Crippen LogP contribution in [0.25, 0.3) is 5.53 Å². The van der Waals surface area contributed by atoms with Crippen LogP contribution in [0.5, 0.6) is 0 Å². The zero-order valence-electron chi connectivity index (χ0n) is 7.94. The summed E-state index contributed by atoms with van der Waals surface area (Å²) >= 11 is 0. The predicted molar refractivity (Wildman–Crippen MR) is 51.1 cm³/mol. The van der Waals surface area contributed by atoms with Crippen LogP contribution in [0.15, 0.2) is 23.9 Å². The summed E-state index contributed by atoms with van der Waals surface area (Å²) in [5.41, 5.74) is 9.58. The zero-order chi connectivity index (χ0) is 10.6. The summed E-state index contributed by atoms with van der Waals surface area (Å²) in [7, 11) is 0. The lowest BCUT2D eigenvalue weighted by molar-refractivity contribution is -0.179. The van der Waals surface area contributed by atoms with Crippen LogP contribution in [-0.2, 0) is 0 Å². The summed E-state index contributed by atoms with van der Waals surface area (Å²) in [4.78, 5) is 3.03. The van der Waals surface area contributed by atoms with E-state index in [0.29, 0.717) is 17.8 Å². The second-order valence-corrected chi connectivity index (χ2v) is 3.08. The molecule has 0 atom stereocenters. The van der Waals surface area contributed by atoms with Gasteiger partial charge in [-0.1, -0.05) is 6.92 Å². The lowest BCUT2D eigenvalue weighted by atomic mass is 10.1. The highest BCUT2D eigenvalue weighted by atomic mass is 16.5. The summed E-state index contributed by atoms with van der Waals surface area (Å²) in [6.07, 6.45) is 5.59. The SMILES string of the molecule is CCC(O)(O)NC1=CCC(=[N+]=[N-])C=C1. The molecule has 76 valence electrons. The number of nitrogens with one attached hydrogen (secondary N) is 1. The van der Waals surface area contributed by atoms with E-state index < -0.39 is 5.91 Å². The molecular formula is C9H13N3O2. The van der Waals surface area contributed by atoms with Crippen molar-refractivity contribution >= 4 is 5.71 Å². The molecule has 1 rings (SSSR count). The van der Waals surface area contributed by atoms with Crippen molar-refractivity contribution in [2.24, 2.45) is 0 Å². The Balaban J connectivity index is 2.63. The number of allylic oxidation sites excluding steroid dienone is 3. The largest absolute Gasteiger partial charge is 0.361 e. The normalized spacial score (nSPS) is 16.2. The Bertz CT molecular complexity index is 325. The lowest BCUT2D eigenvalue weighted by Gasteiger charge is -2.23. The molecule has 0 saturated carbocycles. The highest BCUT2D eigenvalue weighted by Gasteiger charge is 2.21. The summed E-state index contributed by atoms with van der Waals surface area (Å²) in [6.45, 7) is 1.65. The van der Waals surface area contributed by atoms with E-state index in [9.17, 15) is 10.2 Å². The Morgan fingerprint density at radius 2 is 2.29 bits per heavy atom. The zero-order valence-corrected chi connectivity index (χ0v) is 7.94. The van der Waals surface area contributed by atoms with Gasteiger partial charge in [-0.25, -0.2) is 0 Å². The molecule has 0 radical (unpaired) electrons. The van der Waals surface area contributed by atoms with Gasteiger partial charge in [0.15, 0.2) is 0 Å². The summed E-state index contributed by atoms with van der Waals surface area (Å²) < 4.78 is 0. The van der Waals surface area contributed by atoms with Crippen LogP contribution in [0.3, 0.4) is 0 Å². The van der Waals surface area contributed by atoms with Crippen molar-refractivity contribution in [3.05, 3.63) is 29.5 Å². The first kappa shape index (κ1) is 10.7. The Hall–Kier alpha value is -1.42. The number of aliphatic hydroxyl groups is 2. The van der Waals surface area contributed by atoms with Crippen molar-refractivity contribution in [3.63, 3.8) is 0 Å². The van der Waals surface area contributed by atoms with E-state index in [1.807, 2.05) is 0 Å². The Morgan fingerprint density at radius 3 is 2.71 bits per heavy atom. The monoisotopic (exact) mass is 195 g/mol. The Kier molecular flexibility index (Phi) is 3.19. The van der Waals surface area contributed by atoms with E-state index in [1.165, 1.54) is 0 Å². The third kappa shape index (κ3) is 2.81. The maximum Gasteiger partial charge on any atom is 0.295 e. The molecule has 5 nitrogen and oxygen atoms in total. The van der Waals surface area contributed by atoms with Crippen LogP contribution in [0.1, 0.15) is 19.8 Å². The second-order valence-electron chi connectivity index (χ2n) is 3.08. The number of hydrogen-bond donors (Lipinski definition) is 3. The standard InChI is InChI=1S/C9H13N3O2/c1-2-9(13,14)11-7-3-5-8(12-10)6-4-7/h3-5,11,13-14H,2,6H2,1H3. The molecule has 5 heteroatoms. The minimum Gasteiger partial charge on any atom is -0.361 e. The molecule has 0 bridgehead atoms. The third-order valence-electron chi connectivity index (χ3n) is 1.95. The highest BCUT2D eigenvalue weighted by molar-refractivity contribution is 5.92. The minimum absolute atomic E-state index is 0.180. The maximum absolute atomic E-state index is 9.29. The molecule has 3 N–H and O–H groups in total. The van der Waals surface area contributed by atoms with Crippen LogP contribution in [0, 0.1) is 0 Å². The summed E-state index contributed by atoms with van der Waals surface area (Å²) in [5, 5.41) is 21.1. The second kappa shape index (κ2) is 4.19. The molecule has 0 saturated heterocycles. The molecule has 1 aliphatic rings. The van der Waals surface area contributed by atoms with E-state index in [-0.39, 0.29) is 6.42 Å². The quantitative estimate of drug-likeness (QED) is 0.340. The fourth-order valence-electron chi connectivity index (χ4n) is 1.02. The molecule has 0 fully saturated rings. The van der Waals surface area contributed by atoms with Crippen molar-refractivity contribution < 1.29 is 15.0 Å². The van der Waals surface area contributed by atoms with E-state index >= 15 is 0 Å². The first-order chi connectivity index (χ1) is 6.57. The van der Waals surface area contributed by atoms with Crippen LogP contribution in [0.2, 0.25) is 0 Å². The average molecular weight is 195 g/mol. The van der Waals surface area contributed by atoms with Gasteiger partial charge in [0.1, 0.15) is 0 Å². The lowest BCUT2D eigenvalue weighted by Crippen LogP contribution is -2.43. The Labute approximate surface area is 82.0 Å². The van der Waals surface area contributed by atoms with Gasteiger partial charge in [0.25, 0.3) is 5.71 Å². The maximum atomic E-state index is 9.29. The molecule has 0 aromatic carbocycles. The number of hydrogen-bond acceptors (Lipinski definition) is 3. The van der Waals surface area contributed by atoms with Crippen molar-refractivity contribution in [1.29, 1.82) is 0 Å². The van der Waals surface area contributed by atoms with E-state index in [2.05, 4.69) is 10.1 Å². The average Bonchev–Trinajstić information content (AvgIpc) is 2.19. The summed E-state index contributed by atoms with van der Waals surface area (Å²) in [6, 6.07) is 0. The van der Waals surface area contributed by atoms with Gasteiger partial charge in [-0.3, -0.25) is 0 Å². The first-order valence-corrected chi connectivity index (χ1v) is 4.39.